The molecule has 132 valence electrons. The maximum absolute atomic E-state index is 12.8. The van der Waals surface area contributed by atoms with Gasteiger partial charge in [0.15, 0.2) is 0 Å². The molecule has 3 atom stereocenters. The number of nitrogens with zero attached hydrogens (tertiary/aromatic N) is 1. The van der Waals surface area contributed by atoms with Gasteiger partial charge in [-0.25, -0.2) is 0 Å². The van der Waals surface area contributed by atoms with Crippen molar-refractivity contribution in [3.05, 3.63) is 36.0 Å². The summed E-state index contributed by atoms with van der Waals surface area (Å²) in [5, 5.41) is 1.36. The number of benzene rings is 1. The van der Waals surface area contributed by atoms with Crippen molar-refractivity contribution in [2.24, 2.45) is 17.8 Å². The maximum Gasteiger partial charge on any atom is 0.222 e. The Morgan fingerprint density at radius 1 is 1.08 bits per heavy atom. The van der Waals surface area contributed by atoms with Crippen LogP contribution in [0, 0.1) is 17.8 Å². The first kappa shape index (κ1) is 15.5. The van der Waals surface area contributed by atoms with Crippen molar-refractivity contribution in [3.63, 3.8) is 0 Å². The lowest BCUT2D eigenvalue weighted by molar-refractivity contribution is -0.133. The van der Waals surface area contributed by atoms with Crippen molar-refractivity contribution in [2.45, 2.75) is 50.9 Å². The number of aromatic amines is 1. The molecule has 2 aromatic rings. The molecule has 25 heavy (non-hydrogen) atoms. The highest BCUT2D eigenvalue weighted by Crippen LogP contribution is 2.49. The summed E-state index contributed by atoms with van der Waals surface area (Å²) in [6, 6.07) is 8.56. The van der Waals surface area contributed by atoms with Crippen LogP contribution in [0.3, 0.4) is 0 Å². The molecule has 1 aromatic carbocycles. The van der Waals surface area contributed by atoms with Crippen LogP contribution in [0.25, 0.3) is 10.9 Å². The summed E-state index contributed by atoms with van der Waals surface area (Å²) in [6.45, 7) is 1.87. The van der Waals surface area contributed by atoms with E-state index in [1.165, 1.54) is 42.1 Å². The van der Waals surface area contributed by atoms with E-state index in [1.54, 1.807) is 0 Å². The van der Waals surface area contributed by atoms with Crippen LogP contribution in [0.2, 0.25) is 0 Å². The molecule has 1 aromatic heterocycles. The van der Waals surface area contributed by atoms with E-state index in [-0.39, 0.29) is 0 Å². The monoisotopic (exact) mass is 336 g/mol. The predicted molar refractivity (Wildman–Crippen MR) is 100 cm³/mol. The van der Waals surface area contributed by atoms with Crippen LogP contribution >= 0.6 is 0 Å². The van der Waals surface area contributed by atoms with Crippen molar-refractivity contribution >= 4 is 16.8 Å². The summed E-state index contributed by atoms with van der Waals surface area (Å²) in [7, 11) is 0. The zero-order valence-electron chi connectivity index (χ0n) is 14.9. The first-order chi connectivity index (χ1) is 12.3. The average Bonchev–Trinajstić information content (AvgIpc) is 3.37. The van der Waals surface area contributed by atoms with Gasteiger partial charge in [0.05, 0.1) is 0 Å². The van der Waals surface area contributed by atoms with E-state index in [0.29, 0.717) is 17.7 Å². The Morgan fingerprint density at radius 3 is 2.68 bits per heavy atom. The number of hydrogen-bond acceptors (Lipinski definition) is 1. The quantitative estimate of drug-likeness (QED) is 0.866. The Bertz CT molecular complexity index is 771. The Morgan fingerprint density at radius 2 is 1.92 bits per heavy atom. The molecule has 2 aliphatic carbocycles. The smallest absolute Gasteiger partial charge is 0.222 e. The molecule has 2 heterocycles. The van der Waals surface area contributed by atoms with Gasteiger partial charge in [-0.05, 0) is 67.4 Å². The summed E-state index contributed by atoms with van der Waals surface area (Å²) in [6.07, 6.45) is 10.7. The average molecular weight is 336 g/mol. The number of hydrogen-bond donors (Lipinski definition) is 1. The van der Waals surface area contributed by atoms with Gasteiger partial charge in [-0.2, -0.15) is 0 Å². The van der Waals surface area contributed by atoms with Gasteiger partial charge in [-0.3, -0.25) is 4.79 Å². The lowest BCUT2D eigenvalue weighted by Crippen LogP contribution is -2.39. The van der Waals surface area contributed by atoms with Crippen molar-refractivity contribution in [2.75, 3.05) is 13.1 Å². The van der Waals surface area contributed by atoms with Crippen molar-refractivity contribution < 1.29 is 4.79 Å². The largest absolute Gasteiger partial charge is 0.361 e. The van der Waals surface area contributed by atoms with Gasteiger partial charge in [0.1, 0.15) is 0 Å². The number of para-hydroxylation sites is 1. The van der Waals surface area contributed by atoms with Gasteiger partial charge in [-0.1, -0.05) is 24.6 Å². The summed E-state index contributed by atoms with van der Waals surface area (Å²) in [5.74, 6) is 3.50. The van der Waals surface area contributed by atoms with E-state index in [1.807, 2.05) is 0 Å². The number of carbonyl (C=O) groups is 1. The predicted octanol–water partition coefficient (Wildman–Crippen LogP) is 4.70. The van der Waals surface area contributed by atoms with Gasteiger partial charge in [-0.15, -0.1) is 0 Å². The fraction of sp³-hybridized carbons (Fsp3) is 0.591. The highest BCUT2D eigenvalue weighted by atomic mass is 16.2. The second-order valence-electron chi connectivity index (χ2n) is 8.58. The number of H-pyrrole nitrogens is 1. The minimum Gasteiger partial charge on any atom is -0.361 e. The molecule has 1 N–H and O–H groups in total. The second kappa shape index (κ2) is 6.19. The van der Waals surface area contributed by atoms with Crippen LogP contribution < -0.4 is 0 Å². The van der Waals surface area contributed by atoms with Crippen LogP contribution in [0.5, 0.6) is 0 Å². The minimum absolute atomic E-state index is 0.426. The molecule has 3 unspecified atom stereocenters. The molecule has 3 fully saturated rings. The third kappa shape index (κ3) is 2.78. The number of piperidine rings is 1. The molecule has 1 amide bonds. The Balaban J connectivity index is 1.20. The Kier molecular flexibility index (Phi) is 3.83. The first-order valence-corrected chi connectivity index (χ1v) is 10.1. The molecule has 0 radical (unpaired) electrons. The third-order valence-electron chi connectivity index (χ3n) is 7.23. The number of rotatable bonds is 3. The zero-order valence-corrected chi connectivity index (χ0v) is 14.9. The number of carbonyl (C=O) groups excluding carboxylic acids is 1. The van der Waals surface area contributed by atoms with Gasteiger partial charge in [0, 0.05) is 36.6 Å². The summed E-state index contributed by atoms with van der Waals surface area (Å²) in [4.78, 5) is 18.3. The van der Waals surface area contributed by atoms with Crippen LogP contribution in [0.4, 0.5) is 0 Å². The number of fused-ring (bicyclic) bond motifs is 3. The number of likely N-dealkylation sites (tertiary alicyclic amines) is 1. The minimum atomic E-state index is 0.426. The summed E-state index contributed by atoms with van der Waals surface area (Å²) < 4.78 is 0. The molecule has 5 rings (SSSR count). The van der Waals surface area contributed by atoms with Crippen LogP contribution in [0.15, 0.2) is 30.5 Å². The van der Waals surface area contributed by atoms with Crippen molar-refractivity contribution in [1.82, 2.24) is 9.88 Å². The third-order valence-corrected chi connectivity index (χ3v) is 7.23. The van der Waals surface area contributed by atoms with Crippen LogP contribution in [-0.4, -0.2) is 28.9 Å². The van der Waals surface area contributed by atoms with E-state index in [0.717, 1.165) is 44.2 Å². The van der Waals surface area contributed by atoms with Gasteiger partial charge in [0.25, 0.3) is 0 Å². The van der Waals surface area contributed by atoms with Crippen LogP contribution in [-0.2, 0) is 4.79 Å². The topological polar surface area (TPSA) is 36.1 Å². The molecular weight excluding hydrogens is 308 g/mol. The summed E-state index contributed by atoms with van der Waals surface area (Å²) in [5.41, 5.74) is 2.67. The molecule has 3 heteroatoms. The second-order valence-corrected chi connectivity index (χ2v) is 8.58. The molecule has 3 aliphatic rings. The highest BCUT2D eigenvalue weighted by molar-refractivity contribution is 5.83. The van der Waals surface area contributed by atoms with Gasteiger partial charge >= 0.3 is 0 Å². The molecule has 1 aliphatic heterocycles. The van der Waals surface area contributed by atoms with Gasteiger partial charge < -0.3 is 9.88 Å². The summed E-state index contributed by atoms with van der Waals surface area (Å²) >= 11 is 0. The lowest BCUT2D eigenvalue weighted by atomic mass is 9.85. The van der Waals surface area contributed by atoms with Gasteiger partial charge in [0.2, 0.25) is 5.91 Å². The normalized spacial score (nSPS) is 29.6. The van der Waals surface area contributed by atoms with E-state index >= 15 is 0 Å². The Hall–Kier alpha value is -1.77. The van der Waals surface area contributed by atoms with E-state index in [9.17, 15) is 4.79 Å². The highest BCUT2D eigenvalue weighted by Gasteiger charge is 2.40. The number of aromatic nitrogens is 1. The Labute approximate surface area is 149 Å². The van der Waals surface area contributed by atoms with E-state index < -0.39 is 0 Å². The first-order valence-electron chi connectivity index (χ1n) is 10.1. The van der Waals surface area contributed by atoms with Crippen LogP contribution in [0.1, 0.15) is 56.4 Å². The van der Waals surface area contributed by atoms with E-state index in [4.69, 9.17) is 0 Å². The fourth-order valence-electron chi connectivity index (χ4n) is 5.85. The molecule has 0 spiro atoms. The lowest BCUT2D eigenvalue weighted by Gasteiger charge is -2.33. The molecule has 3 nitrogen and oxygen atoms in total. The molecule has 1 saturated heterocycles. The van der Waals surface area contributed by atoms with Crippen molar-refractivity contribution in [1.29, 1.82) is 0 Å². The number of nitrogens with one attached hydrogen (secondary N) is 1. The maximum atomic E-state index is 12.8. The molecular formula is C22H28N2O. The molecule has 2 bridgehead atoms. The fourth-order valence-corrected chi connectivity index (χ4v) is 5.85. The zero-order chi connectivity index (χ0) is 16.8. The van der Waals surface area contributed by atoms with Crippen molar-refractivity contribution in [3.8, 4) is 0 Å². The SMILES string of the molecule is O=C(CC1CC2CCC1C2)N1CCC(c2c[nH]c3ccccc23)CC1. The number of amides is 1. The molecule has 2 saturated carbocycles. The van der Waals surface area contributed by atoms with E-state index in [2.05, 4.69) is 40.3 Å². The standard InChI is InChI=1S/C22H28N2O/c25-22(13-18-12-15-5-6-17(18)11-15)24-9-7-16(8-10-24)20-14-23-21-4-2-1-3-19(20)21/h1-4,14-18,23H,5-13H2.